The molecule has 0 spiro atoms. The Bertz CT molecular complexity index is 539. The van der Waals surface area contributed by atoms with E-state index in [-0.39, 0.29) is 0 Å². The van der Waals surface area contributed by atoms with Crippen molar-refractivity contribution in [1.29, 1.82) is 0 Å². The molecule has 1 atom stereocenters. The lowest BCUT2D eigenvalue weighted by molar-refractivity contribution is 0.219. The second kappa shape index (κ2) is 4.86. The Morgan fingerprint density at radius 2 is 1.94 bits per heavy atom. The number of aromatic nitrogens is 1. The van der Waals surface area contributed by atoms with Crippen LogP contribution < -0.4 is 0 Å². The van der Waals surface area contributed by atoms with Crippen LogP contribution >= 0.6 is 11.6 Å². The van der Waals surface area contributed by atoms with Crippen LogP contribution in [0.1, 0.15) is 28.4 Å². The molecular weight excluding hydrogens is 234 g/mol. The summed E-state index contributed by atoms with van der Waals surface area (Å²) in [4.78, 5) is 4.09. The summed E-state index contributed by atoms with van der Waals surface area (Å²) in [6.45, 7) is 3.91. The number of aliphatic hydroxyl groups is 1. The third kappa shape index (κ3) is 2.65. The Morgan fingerprint density at radius 3 is 2.65 bits per heavy atom. The molecule has 1 N–H and O–H groups in total. The monoisotopic (exact) mass is 247 g/mol. The number of hydrogen-bond donors (Lipinski definition) is 1. The zero-order valence-electron chi connectivity index (χ0n) is 9.81. The number of aryl methyl sites for hydroxylation is 2. The Labute approximate surface area is 106 Å². The standard InChI is InChI=1S/C14H14ClNO/c1-9-5-11(8-16-7-9)14(17)13-6-12(15)4-3-10(13)2/h3-8,14,17H,1-2H3. The van der Waals surface area contributed by atoms with Gasteiger partial charge < -0.3 is 5.11 Å². The SMILES string of the molecule is Cc1cncc(C(O)c2cc(Cl)ccc2C)c1. The van der Waals surface area contributed by atoms with Gasteiger partial charge in [0, 0.05) is 23.0 Å². The third-order valence-electron chi connectivity index (χ3n) is 2.75. The number of halogens is 1. The van der Waals surface area contributed by atoms with Crippen molar-refractivity contribution in [3.05, 3.63) is 63.9 Å². The van der Waals surface area contributed by atoms with E-state index in [1.54, 1.807) is 18.5 Å². The summed E-state index contributed by atoms with van der Waals surface area (Å²) in [6, 6.07) is 7.45. The summed E-state index contributed by atoms with van der Waals surface area (Å²) >= 11 is 5.95. The number of nitrogens with zero attached hydrogens (tertiary/aromatic N) is 1. The first kappa shape index (κ1) is 12.1. The van der Waals surface area contributed by atoms with Gasteiger partial charge in [-0.15, -0.1) is 0 Å². The van der Waals surface area contributed by atoms with E-state index in [9.17, 15) is 5.11 Å². The van der Waals surface area contributed by atoms with Crippen molar-refractivity contribution < 1.29 is 5.11 Å². The average molecular weight is 248 g/mol. The molecule has 0 fully saturated rings. The molecule has 0 bridgehead atoms. The van der Waals surface area contributed by atoms with Crippen molar-refractivity contribution in [2.45, 2.75) is 20.0 Å². The highest BCUT2D eigenvalue weighted by Gasteiger charge is 2.13. The maximum absolute atomic E-state index is 10.3. The van der Waals surface area contributed by atoms with E-state index in [0.29, 0.717) is 5.02 Å². The van der Waals surface area contributed by atoms with Gasteiger partial charge in [-0.1, -0.05) is 23.7 Å². The van der Waals surface area contributed by atoms with Crippen LogP contribution in [0.25, 0.3) is 0 Å². The smallest absolute Gasteiger partial charge is 0.106 e. The minimum atomic E-state index is -0.680. The molecule has 2 rings (SSSR count). The van der Waals surface area contributed by atoms with Gasteiger partial charge in [-0.3, -0.25) is 4.98 Å². The molecule has 2 nitrogen and oxygen atoms in total. The molecule has 0 saturated heterocycles. The molecule has 0 aliphatic carbocycles. The fourth-order valence-electron chi connectivity index (χ4n) is 1.81. The van der Waals surface area contributed by atoms with Gasteiger partial charge in [0.2, 0.25) is 0 Å². The normalized spacial score (nSPS) is 12.5. The lowest BCUT2D eigenvalue weighted by atomic mass is 9.98. The number of pyridine rings is 1. The molecule has 0 radical (unpaired) electrons. The van der Waals surface area contributed by atoms with Crippen molar-refractivity contribution in [2.75, 3.05) is 0 Å². The first-order valence-corrected chi connectivity index (χ1v) is 5.81. The highest BCUT2D eigenvalue weighted by molar-refractivity contribution is 6.30. The van der Waals surface area contributed by atoms with Crippen LogP contribution in [0.4, 0.5) is 0 Å². The van der Waals surface area contributed by atoms with Crippen molar-refractivity contribution in [3.8, 4) is 0 Å². The lowest BCUT2D eigenvalue weighted by Crippen LogP contribution is -2.03. The van der Waals surface area contributed by atoms with Crippen LogP contribution in [0.3, 0.4) is 0 Å². The molecule has 0 aliphatic heterocycles. The zero-order chi connectivity index (χ0) is 12.4. The van der Waals surface area contributed by atoms with Crippen molar-refractivity contribution >= 4 is 11.6 Å². The molecule has 3 heteroatoms. The molecule has 1 aromatic heterocycles. The minimum absolute atomic E-state index is 0.630. The Hall–Kier alpha value is -1.38. The average Bonchev–Trinajstić information content (AvgIpc) is 2.31. The van der Waals surface area contributed by atoms with Crippen LogP contribution in [-0.4, -0.2) is 10.1 Å². The first-order valence-electron chi connectivity index (χ1n) is 5.43. The quantitative estimate of drug-likeness (QED) is 0.882. The van der Waals surface area contributed by atoms with E-state index in [1.807, 2.05) is 32.0 Å². The number of aliphatic hydroxyl groups excluding tert-OH is 1. The van der Waals surface area contributed by atoms with Gasteiger partial charge in [0.15, 0.2) is 0 Å². The maximum atomic E-state index is 10.3. The van der Waals surface area contributed by atoms with Gasteiger partial charge in [0.05, 0.1) is 0 Å². The molecule has 0 aliphatic rings. The van der Waals surface area contributed by atoms with E-state index < -0.39 is 6.10 Å². The van der Waals surface area contributed by atoms with Gasteiger partial charge in [-0.05, 0) is 42.7 Å². The van der Waals surface area contributed by atoms with E-state index in [0.717, 1.165) is 22.3 Å². The van der Waals surface area contributed by atoms with Crippen molar-refractivity contribution in [3.63, 3.8) is 0 Å². The highest BCUT2D eigenvalue weighted by atomic mass is 35.5. The molecular formula is C14H14ClNO. The lowest BCUT2D eigenvalue weighted by Gasteiger charge is -2.14. The first-order chi connectivity index (χ1) is 8.08. The molecule has 88 valence electrons. The molecule has 1 aromatic carbocycles. The predicted octanol–water partition coefficient (Wildman–Crippen LogP) is 3.43. The second-order valence-electron chi connectivity index (χ2n) is 4.20. The van der Waals surface area contributed by atoms with Crippen molar-refractivity contribution in [2.24, 2.45) is 0 Å². The number of hydrogen-bond acceptors (Lipinski definition) is 2. The fourth-order valence-corrected chi connectivity index (χ4v) is 1.99. The van der Waals surface area contributed by atoms with E-state index in [2.05, 4.69) is 4.98 Å². The van der Waals surface area contributed by atoms with Crippen LogP contribution in [0.2, 0.25) is 5.02 Å². The Kier molecular flexibility index (Phi) is 3.46. The van der Waals surface area contributed by atoms with E-state index in [1.165, 1.54) is 0 Å². The predicted molar refractivity (Wildman–Crippen MR) is 69.2 cm³/mol. The van der Waals surface area contributed by atoms with Crippen LogP contribution in [0, 0.1) is 13.8 Å². The summed E-state index contributed by atoms with van der Waals surface area (Å²) < 4.78 is 0. The van der Waals surface area contributed by atoms with Crippen molar-refractivity contribution in [1.82, 2.24) is 4.98 Å². The third-order valence-corrected chi connectivity index (χ3v) is 2.98. The highest BCUT2D eigenvalue weighted by Crippen LogP contribution is 2.27. The van der Waals surface area contributed by atoms with Gasteiger partial charge in [0.1, 0.15) is 6.10 Å². The Morgan fingerprint density at radius 1 is 1.18 bits per heavy atom. The number of rotatable bonds is 2. The topological polar surface area (TPSA) is 33.1 Å². The molecule has 2 aromatic rings. The Balaban J connectivity index is 2.43. The summed E-state index contributed by atoms with van der Waals surface area (Å²) in [5.41, 5.74) is 3.66. The van der Waals surface area contributed by atoms with E-state index in [4.69, 9.17) is 11.6 Å². The number of benzene rings is 1. The van der Waals surface area contributed by atoms with Crippen LogP contribution in [-0.2, 0) is 0 Å². The summed E-state index contributed by atoms with van der Waals surface area (Å²) in [5.74, 6) is 0. The van der Waals surface area contributed by atoms with Crippen LogP contribution in [0.15, 0.2) is 36.7 Å². The summed E-state index contributed by atoms with van der Waals surface area (Å²) in [5, 5.41) is 11.0. The molecule has 17 heavy (non-hydrogen) atoms. The van der Waals surface area contributed by atoms with Crippen LogP contribution in [0.5, 0.6) is 0 Å². The van der Waals surface area contributed by atoms with Gasteiger partial charge >= 0.3 is 0 Å². The molecule has 0 amide bonds. The summed E-state index contributed by atoms with van der Waals surface area (Å²) in [6.07, 6.45) is 2.76. The molecule has 1 heterocycles. The van der Waals surface area contributed by atoms with Gasteiger partial charge in [-0.2, -0.15) is 0 Å². The molecule has 1 unspecified atom stereocenters. The van der Waals surface area contributed by atoms with Gasteiger partial charge in [-0.25, -0.2) is 0 Å². The largest absolute Gasteiger partial charge is 0.384 e. The minimum Gasteiger partial charge on any atom is -0.384 e. The summed E-state index contributed by atoms with van der Waals surface area (Å²) in [7, 11) is 0. The van der Waals surface area contributed by atoms with E-state index >= 15 is 0 Å². The molecule has 0 saturated carbocycles. The maximum Gasteiger partial charge on any atom is 0.106 e. The second-order valence-corrected chi connectivity index (χ2v) is 4.64. The van der Waals surface area contributed by atoms with Gasteiger partial charge in [0.25, 0.3) is 0 Å². The fraction of sp³-hybridized carbons (Fsp3) is 0.214. The zero-order valence-corrected chi connectivity index (χ0v) is 10.6.